The molecule has 0 saturated heterocycles. The number of nitrogens with two attached hydrogens (primary N) is 1. The molecule has 0 aliphatic carbocycles. The smallest absolute Gasteiger partial charge is 0.257 e. The highest BCUT2D eigenvalue weighted by atomic mass is 35.5. The lowest BCUT2D eigenvalue weighted by Crippen LogP contribution is -2.23. The maximum Gasteiger partial charge on any atom is 0.257 e. The highest BCUT2D eigenvalue weighted by Gasteiger charge is 2.31. The molecule has 4 aromatic rings. The maximum absolute atomic E-state index is 13.1. The molecule has 1 aliphatic rings. The predicted octanol–water partition coefficient (Wildman–Crippen LogP) is 4.39. The van der Waals surface area contributed by atoms with E-state index >= 15 is 0 Å². The molecule has 0 fully saturated rings. The van der Waals surface area contributed by atoms with Crippen LogP contribution in [-0.4, -0.2) is 26.1 Å². The number of hydrogen-bond donors (Lipinski definition) is 4. The van der Waals surface area contributed by atoms with E-state index in [-0.39, 0.29) is 51.4 Å². The van der Waals surface area contributed by atoms with Crippen molar-refractivity contribution in [1.29, 1.82) is 5.41 Å². The van der Waals surface area contributed by atoms with Crippen LogP contribution in [0.25, 0.3) is 11.1 Å². The first-order valence-electron chi connectivity index (χ1n) is 11.4. The number of sulfone groups is 1. The summed E-state index contributed by atoms with van der Waals surface area (Å²) >= 11 is 0. The minimum absolute atomic E-state index is 0. The zero-order valence-corrected chi connectivity index (χ0v) is 21.5. The fourth-order valence-electron chi connectivity index (χ4n) is 4.17. The van der Waals surface area contributed by atoms with E-state index in [9.17, 15) is 18.0 Å². The summed E-state index contributed by atoms with van der Waals surface area (Å²) in [6.45, 7) is 0.250. The Bertz CT molecular complexity index is 1690. The van der Waals surface area contributed by atoms with Crippen molar-refractivity contribution in [3.63, 3.8) is 0 Å². The Balaban J connectivity index is 0.00000336. The average Bonchev–Trinajstić information content (AvgIpc) is 2.99. The zero-order valence-electron chi connectivity index (χ0n) is 19.9. The van der Waals surface area contributed by atoms with Gasteiger partial charge in [-0.1, -0.05) is 54.6 Å². The van der Waals surface area contributed by atoms with Crippen LogP contribution in [0.15, 0.2) is 101 Å². The molecule has 5 rings (SSSR count). The molecule has 38 heavy (non-hydrogen) atoms. The van der Waals surface area contributed by atoms with Crippen LogP contribution in [0.2, 0.25) is 0 Å². The molecular formula is C28H23ClN4O4S. The molecule has 5 N–H and O–H groups in total. The van der Waals surface area contributed by atoms with E-state index in [4.69, 9.17) is 11.1 Å². The number of nitrogen functional groups attached to an aromatic ring is 1. The van der Waals surface area contributed by atoms with Gasteiger partial charge < -0.3 is 16.4 Å². The van der Waals surface area contributed by atoms with Gasteiger partial charge in [0, 0.05) is 17.7 Å². The van der Waals surface area contributed by atoms with E-state index in [1.807, 2.05) is 42.5 Å². The summed E-state index contributed by atoms with van der Waals surface area (Å²) in [5.74, 6) is -0.959. The number of rotatable bonds is 5. The summed E-state index contributed by atoms with van der Waals surface area (Å²) in [4.78, 5) is 25.3. The second-order valence-electron chi connectivity index (χ2n) is 8.54. The Morgan fingerprint density at radius 2 is 1.58 bits per heavy atom. The van der Waals surface area contributed by atoms with E-state index in [0.29, 0.717) is 5.56 Å². The van der Waals surface area contributed by atoms with Gasteiger partial charge in [0.2, 0.25) is 9.84 Å². The van der Waals surface area contributed by atoms with E-state index in [2.05, 4.69) is 10.6 Å². The van der Waals surface area contributed by atoms with Crippen molar-refractivity contribution < 1.29 is 18.0 Å². The zero-order chi connectivity index (χ0) is 26.2. The third-order valence-electron chi connectivity index (χ3n) is 6.11. The largest absolute Gasteiger partial charge is 0.384 e. The Morgan fingerprint density at radius 3 is 2.32 bits per heavy atom. The first-order valence-corrected chi connectivity index (χ1v) is 12.8. The number of nitrogens with one attached hydrogen (secondary N) is 3. The Morgan fingerprint density at radius 1 is 0.842 bits per heavy atom. The Kier molecular flexibility index (Phi) is 7.34. The second kappa shape index (κ2) is 10.5. The molecule has 2 amide bonds. The van der Waals surface area contributed by atoms with Crippen LogP contribution in [0, 0.1) is 5.41 Å². The van der Waals surface area contributed by atoms with Crippen LogP contribution in [0.4, 0.5) is 5.69 Å². The average molecular weight is 547 g/mol. The topological polar surface area (TPSA) is 142 Å². The Hall–Kier alpha value is -4.47. The summed E-state index contributed by atoms with van der Waals surface area (Å²) in [5, 5.41) is 13.0. The fourth-order valence-corrected chi connectivity index (χ4v) is 5.76. The number of amides is 2. The van der Waals surface area contributed by atoms with E-state index in [1.165, 1.54) is 30.3 Å². The molecule has 0 spiro atoms. The molecule has 0 unspecified atom stereocenters. The molecule has 0 radical (unpaired) electrons. The van der Waals surface area contributed by atoms with E-state index < -0.39 is 21.7 Å². The van der Waals surface area contributed by atoms with Crippen molar-refractivity contribution >= 4 is 45.6 Å². The summed E-state index contributed by atoms with van der Waals surface area (Å²) in [7, 11) is -3.94. The number of amidine groups is 1. The predicted molar refractivity (Wildman–Crippen MR) is 148 cm³/mol. The molecule has 0 bridgehead atoms. The van der Waals surface area contributed by atoms with Gasteiger partial charge >= 0.3 is 0 Å². The second-order valence-corrected chi connectivity index (χ2v) is 10.4. The normalized spacial score (nSPS) is 13.1. The van der Waals surface area contributed by atoms with Crippen LogP contribution in [-0.2, 0) is 16.4 Å². The highest BCUT2D eigenvalue weighted by Crippen LogP contribution is 2.34. The molecule has 8 nitrogen and oxygen atoms in total. The summed E-state index contributed by atoms with van der Waals surface area (Å²) in [6.07, 6.45) is 0. The van der Waals surface area contributed by atoms with Gasteiger partial charge in [-0.05, 0) is 53.1 Å². The van der Waals surface area contributed by atoms with Gasteiger partial charge in [-0.2, -0.15) is 0 Å². The summed E-state index contributed by atoms with van der Waals surface area (Å²) in [6, 6.07) is 25.1. The SMILES string of the molecule is Cl.N=C(N)c1cccc(-c2ccc(CNC(=O)c3ccc4c(c3)NC(=O)c3ccccc3S4(=O)=O)cc2)c1. The van der Waals surface area contributed by atoms with Crippen molar-refractivity contribution in [3.05, 3.63) is 113 Å². The number of hydrogen-bond acceptors (Lipinski definition) is 5. The molecule has 0 aromatic heterocycles. The monoisotopic (exact) mass is 546 g/mol. The van der Waals surface area contributed by atoms with Crippen molar-refractivity contribution in [1.82, 2.24) is 5.32 Å². The van der Waals surface area contributed by atoms with Gasteiger partial charge in [0.05, 0.1) is 21.0 Å². The number of benzene rings is 4. The third-order valence-corrected chi connectivity index (χ3v) is 7.98. The molecule has 10 heteroatoms. The Labute approximate surface area is 225 Å². The van der Waals surface area contributed by atoms with Gasteiger partial charge in [-0.15, -0.1) is 12.4 Å². The van der Waals surface area contributed by atoms with Gasteiger partial charge in [0.25, 0.3) is 11.8 Å². The molecule has 192 valence electrons. The lowest BCUT2D eigenvalue weighted by Gasteiger charge is -2.11. The van der Waals surface area contributed by atoms with Gasteiger partial charge in [0.1, 0.15) is 5.84 Å². The minimum Gasteiger partial charge on any atom is -0.384 e. The molecular weight excluding hydrogens is 524 g/mol. The first kappa shape index (κ1) is 26.6. The van der Waals surface area contributed by atoms with Crippen molar-refractivity contribution in [2.75, 3.05) is 5.32 Å². The minimum atomic E-state index is -3.94. The number of anilines is 1. The quantitative estimate of drug-likeness (QED) is 0.217. The van der Waals surface area contributed by atoms with Crippen LogP contribution in [0.5, 0.6) is 0 Å². The number of carbonyl (C=O) groups excluding carboxylic acids is 2. The number of carbonyl (C=O) groups is 2. The molecule has 4 aromatic carbocycles. The van der Waals surface area contributed by atoms with Crippen LogP contribution < -0.4 is 16.4 Å². The van der Waals surface area contributed by atoms with Crippen molar-refractivity contribution in [2.45, 2.75) is 16.3 Å². The molecule has 0 atom stereocenters. The maximum atomic E-state index is 13.1. The first-order chi connectivity index (χ1) is 17.7. The molecule has 1 aliphatic heterocycles. The molecule has 0 saturated carbocycles. The van der Waals surface area contributed by atoms with Crippen molar-refractivity contribution in [3.8, 4) is 11.1 Å². The van der Waals surface area contributed by atoms with Crippen LogP contribution in [0.3, 0.4) is 0 Å². The van der Waals surface area contributed by atoms with Crippen LogP contribution >= 0.6 is 12.4 Å². The standard InChI is InChI=1S/C28H22N4O4S.ClH/c29-26(30)20-5-3-4-19(14-20)18-10-8-17(9-11-18)16-31-27(33)21-12-13-25-23(15-21)32-28(34)22-6-1-2-7-24(22)37(25,35)36;/h1-15H,16H2,(H3,29,30)(H,31,33)(H,32,34);1H. The lowest BCUT2D eigenvalue weighted by atomic mass is 10.0. The third kappa shape index (κ3) is 5.02. The van der Waals surface area contributed by atoms with Gasteiger partial charge in [-0.3, -0.25) is 15.0 Å². The van der Waals surface area contributed by atoms with Gasteiger partial charge in [-0.25, -0.2) is 8.42 Å². The van der Waals surface area contributed by atoms with E-state index in [1.54, 1.807) is 18.2 Å². The summed E-state index contributed by atoms with van der Waals surface area (Å²) < 4.78 is 26.3. The fraction of sp³-hybridized carbons (Fsp3) is 0.0357. The van der Waals surface area contributed by atoms with E-state index in [0.717, 1.165) is 16.7 Å². The van der Waals surface area contributed by atoms with Crippen LogP contribution in [0.1, 0.15) is 31.8 Å². The number of fused-ring (bicyclic) bond motifs is 2. The van der Waals surface area contributed by atoms with Gasteiger partial charge in [0.15, 0.2) is 0 Å². The summed E-state index contributed by atoms with van der Waals surface area (Å²) in [5.41, 5.74) is 9.29. The highest BCUT2D eigenvalue weighted by molar-refractivity contribution is 7.91. The number of halogens is 1. The lowest BCUT2D eigenvalue weighted by molar-refractivity contribution is 0.0949. The van der Waals surface area contributed by atoms with Crippen molar-refractivity contribution in [2.24, 2.45) is 5.73 Å². The molecule has 1 heterocycles.